The van der Waals surface area contributed by atoms with E-state index in [9.17, 15) is 8.78 Å². The molecule has 0 spiro atoms. The van der Waals surface area contributed by atoms with Crippen molar-refractivity contribution in [3.8, 4) is 0 Å². The second kappa shape index (κ2) is 8.68. The fourth-order valence-electron chi connectivity index (χ4n) is 2.35. The Kier molecular flexibility index (Phi) is 6.60. The van der Waals surface area contributed by atoms with Gasteiger partial charge in [0, 0.05) is 10.9 Å². The predicted molar refractivity (Wildman–Crippen MR) is 96.8 cm³/mol. The van der Waals surface area contributed by atoms with Crippen LogP contribution in [-0.2, 0) is 6.42 Å². The Morgan fingerprint density at radius 2 is 1.65 bits per heavy atom. The monoisotopic (exact) mass is 330 g/mol. The standard InChI is InChI=1S/C20H20F2S/c1-2-3-4-5-15-6-9-17(10-7-15)20(23)11-8-16-12-18(21)14-19(22)13-16/h6-14H,2-5H2,1H3. The van der Waals surface area contributed by atoms with E-state index < -0.39 is 11.6 Å². The highest BCUT2D eigenvalue weighted by molar-refractivity contribution is 7.81. The van der Waals surface area contributed by atoms with Crippen molar-refractivity contribution in [1.29, 1.82) is 0 Å². The van der Waals surface area contributed by atoms with Crippen LogP contribution < -0.4 is 0 Å². The molecule has 0 amide bonds. The quantitative estimate of drug-likeness (QED) is 0.255. The van der Waals surface area contributed by atoms with E-state index in [4.69, 9.17) is 12.2 Å². The molecule has 0 aliphatic rings. The third-order valence-electron chi connectivity index (χ3n) is 3.62. The number of halogens is 2. The number of benzene rings is 2. The zero-order chi connectivity index (χ0) is 16.7. The van der Waals surface area contributed by atoms with Gasteiger partial charge in [-0.1, -0.05) is 62.3 Å². The van der Waals surface area contributed by atoms with Crippen molar-refractivity contribution >= 4 is 23.2 Å². The molecule has 3 heteroatoms. The van der Waals surface area contributed by atoms with Crippen molar-refractivity contribution in [3.05, 3.63) is 76.9 Å². The van der Waals surface area contributed by atoms with Crippen molar-refractivity contribution in [2.75, 3.05) is 0 Å². The smallest absolute Gasteiger partial charge is 0.126 e. The second-order valence-electron chi connectivity index (χ2n) is 5.55. The summed E-state index contributed by atoms with van der Waals surface area (Å²) < 4.78 is 26.3. The van der Waals surface area contributed by atoms with Gasteiger partial charge in [-0.2, -0.15) is 0 Å². The van der Waals surface area contributed by atoms with Crippen LogP contribution in [0.25, 0.3) is 6.08 Å². The molecule has 0 unspecified atom stereocenters. The molecule has 2 aromatic rings. The van der Waals surface area contributed by atoms with Gasteiger partial charge in [0.2, 0.25) is 0 Å². The lowest BCUT2D eigenvalue weighted by Crippen LogP contribution is -1.94. The van der Waals surface area contributed by atoms with Crippen molar-refractivity contribution < 1.29 is 8.78 Å². The topological polar surface area (TPSA) is 0 Å². The van der Waals surface area contributed by atoms with Crippen LogP contribution in [0.1, 0.15) is 42.9 Å². The van der Waals surface area contributed by atoms with E-state index in [-0.39, 0.29) is 0 Å². The molecule has 0 heterocycles. The van der Waals surface area contributed by atoms with E-state index in [1.165, 1.54) is 37.0 Å². The van der Waals surface area contributed by atoms with Crippen LogP contribution in [0, 0.1) is 11.6 Å². The van der Waals surface area contributed by atoms with Gasteiger partial charge in [-0.15, -0.1) is 0 Å². The maximum Gasteiger partial charge on any atom is 0.126 e. The van der Waals surface area contributed by atoms with E-state index >= 15 is 0 Å². The Morgan fingerprint density at radius 3 is 2.26 bits per heavy atom. The maximum atomic E-state index is 13.1. The lowest BCUT2D eigenvalue weighted by molar-refractivity contribution is 0.583. The van der Waals surface area contributed by atoms with Gasteiger partial charge in [-0.05, 0) is 47.7 Å². The Labute approximate surface area is 141 Å². The van der Waals surface area contributed by atoms with Crippen molar-refractivity contribution in [2.45, 2.75) is 32.6 Å². The maximum absolute atomic E-state index is 13.1. The predicted octanol–water partition coefficient (Wildman–Crippen LogP) is 6.13. The van der Waals surface area contributed by atoms with Gasteiger partial charge in [0.25, 0.3) is 0 Å². The highest BCUT2D eigenvalue weighted by atomic mass is 32.1. The SMILES string of the molecule is CCCCCc1ccc(C(=S)C=Cc2cc(F)cc(F)c2)cc1. The van der Waals surface area contributed by atoms with Gasteiger partial charge < -0.3 is 0 Å². The third kappa shape index (κ3) is 5.68. The fourth-order valence-corrected chi connectivity index (χ4v) is 2.56. The molecule has 0 atom stereocenters. The van der Waals surface area contributed by atoms with E-state index in [0.29, 0.717) is 10.4 Å². The normalized spacial score (nSPS) is 11.1. The van der Waals surface area contributed by atoms with E-state index in [2.05, 4.69) is 19.1 Å². The molecular weight excluding hydrogens is 310 g/mol. The van der Waals surface area contributed by atoms with Crippen LogP contribution in [0.3, 0.4) is 0 Å². The zero-order valence-electron chi connectivity index (χ0n) is 13.2. The number of hydrogen-bond acceptors (Lipinski definition) is 1. The molecule has 2 rings (SSSR count). The molecule has 120 valence electrons. The van der Waals surface area contributed by atoms with Crippen molar-refractivity contribution in [1.82, 2.24) is 0 Å². The fraction of sp³-hybridized carbons (Fsp3) is 0.250. The van der Waals surface area contributed by atoms with Crippen LogP contribution in [-0.4, -0.2) is 4.86 Å². The van der Waals surface area contributed by atoms with Gasteiger partial charge in [-0.3, -0.25) is 0 Å². The molecule has 0 bridgehead atoms. The van der Waals surface area contributed by atoms with Crippen LogP contribution in [0.4, 0.5) is 8.78 Å². The first-order valence-corrected chi connectivity index (χ1v) is 8.27. The minimum absolute atomic E-state index is 0.459. The average Bonchev–Trinajstić information content (AvgIpc) is 2.53. The lowest BCUT2D eigenvalue weighted by Gasteiger charge is -2.03. The summed E-state index contributed by atoms with van der Waals surface area (Å²) in [6, 6.07) is 11.6. The summed E-state index contributed by atoms with van der Waals surface area (Å²) in [6.07, 6.45) is 8.07. The zero-order valence-corrected chi connectivity index (χ0v) is 14.0. The average molecular weight is 330 g/mol. The number of allylic oxidation sites excluding steroid dienone is 1. The largest absolute Gasteiger partial charge is 0.207 e. The lowest BCUT2D eigenvalue weighted by atomic mass is 10.0. The first-order chi connectivity index (χ1) is 11.1. The Hall–Kier alpha value is -1.87. The summed E-state index contributed by atoms with van der Waals surface area (Å²) in [5, 5.41) is 0. The summed E-state index contributed by atoms with van der Waals surface area (Å²) in [6.45, 7) is 2.19. The molecule has 0 aliphatic heterocycles. The highest BCUT2D eigenvalue weighted by Crippen LogP contribution is 2.13. The van der Waals surface area contributed by atoms with Crippen molar-refractivity contribution in [2.24, 2.45) is 0 Å². The second-order valence-corrected chi connectivity index (χ2v) is 5.99. The van der Waals surface area contributed by atoms with Gasteiger partial charge in [-0.25, -0.2) is 8.78 Å². The Morgan fingerprint density at radius 1 is 1.00 bits per heavy atom. The van der Waals surface area contributed by atoms with Gasteiger partial charge >= 0.3 is 0 Å². The molecule has 2 aromatic carbocycles. The number of thiocarbonyl (C=S) groups is 1. The van der Waals surface area contributed by atoms with Gasteiger partial charge in [0.05, 0.1) is 0 Å². The molecule has 23 heavy (non-hydrogen) atoms. The van der Waals surface area contributed by atoms with Crippen molar-refractivity contribution in [3.63, 3.8) is 0 Å². The van der Waals surface area contributed by atoms with Crippen LogP contribution in [0.2, 0.25) is 0 Å². The van der Waals surface area contributed by atoms with Crippen LogP contribution >= 0.6 is 12.2 Å². The van der Waals surface area contributed by atoms with E-state index in [0.717, 1.165) is 18.1 Å². The number of rotatable bonds is 7. The number of aryl methyl sites for hydroxylation is 1. The molecule has 0 radical (unpaired) electrons. The molecule has 0 N–H and O–H groups in total. The minimum atomic E-state index is -0.591. The number of hydrogen-bond donors (Lipinski definition) is 0. The molecule has 0 aliphatic carbocycles. The van der Waals surface area contributed by atoms with E-state index in [1.807, 2.05) is 12.1 Å². The van der Waals surface area contributed by atoms with Gasteiger partial charge in [0.15, 0.2) is 0 Å². The molecule has 0 fully saturated rings. The summed E-state index contributed by atoms with van der Waals surface area (Å²) >= 11 is 5.36. The Bertz CT molecular complexity index is 667. The molecule has 0 aromatic heterocycles. The number of unbranched alkanes of at least 4 members (excludes halogenated alkanes) is 2. The van der Waals surface area contributed by atoms with Gasteiger partial charge in [0.1, 0.15) is 11.6 Å². The minimum Gasteiger partial charge on any atom is -0.207 e. The molecule has 0 saturated carbocycles. The van der Waals surface area contributed by atoms with Crippen LogP contribution in [0.5, 0.6) is 0 Å². The Balaban J connectivity index is 2.01. The first kappa shape index (κ1) is 17.5. The summed E-state index contributed by atoms with van der Waals surface area (Å²) in [7, 11) is 0. The molecule has 0 nitrogen and oxygen atoms in total. The summed E-state index contributed by atoms with van der Waals surface area (Å²) in [5.41, 5.74) is 2.70. The van der Waals surface area contributed by atoms with Crippen LogP contribution in [0.15, 0.2) is 48.5 Å². The first-order valence-electron chi connectivity index (χ1n) is 7.86. The summed E-state index contributed by atoms with van der Waals surface area (Å²) in [5.74, 6) is -1.18. The molecule has 0 saturated heterocycles. The third-order valence-corrected chi connectivity index (χ3v) is 3.99. The summed E-state index contributed by atoms with van der Waals surface area (Å²) in [4.78, 5) is 0.648. The van der Waals surface area contributed by atoms with E-state index in [1.54, 1.807) is 12.2 Å². The highest BCUT2D eigenvalue weighted by Gasteiger charge is 2.01. The molecular formula is C20H20F2S.